The molecule has 16 heavy (non-hydrogen) atoms. The lowest BCUT2D eigenvalue weighted by Crippen LogP contribution is -2.29. The van der Waals surface area contributed by atoms with Gasteiger partial charge in [-0.3, -0.25) is 9.48 Å². The van der Waals surface area contributed by atoms with Gasteiger partial charge in [0.1, 0.15) is 12.4 Å². The van der Waals surface area contributed by atoms with Crippen LogP contribution >= 0.6 is 0 Å². The maximum absolute atomic E-state index is 11.4. The summed E-state index contributed by atoms with van der Waals surface area (Å²) in [5.41, 5.74) is 5.43. The van der Waals surface area contributed by atoms with E-state index in [1.807, 2.05) is 6.92 Å². The predicted octanol–water partition coefficient (Wildman–Crippen LogP) is 0.00810. The molecule has 1 amide bonds. The number of anilines is 1. The Labute approximate surface area is 94.8 Å². The second-order valence-corrected chi connectivity index (χ2v) is 3.34. The largest absolute Gasteiger partial charge is 0.382 e. The number of aromatic nitrogens is 2. The van der Waals surface area contributed by atoms with E-state index in [9.17, 15) is 4.79 Å². The first-order valence-corrected chi connectivity index (χ1v) is 5.35. The van der Waals surface area contributed by atoms with Crippen LogP contribution in [0.2, 0.25) is 0 Å². The number of hydrogen-bond acceptors (Lipinski definition) is 4. The minimum atomic E-state index is -0.0698. The highest BCUT2D eigenvalue weighted by Gasteiger charge is 2.02. The van der Waals surface area contributed by atoms with Crippen molar-refractivity contribution in [1.29, 1.82) is 0 Å². The van der Waals surface area contributed by atoms with E-state index in [1.165, 1.54) is 4.68 Å². The van der Waals surface area contributed by atoms with Crippen molar-refractivity contribution in [3.05, 3.63) is 12.3 Å². The number of ether oxygens (including phenoxy) is 1. The van der Waals surface area contributed by atoms with Gasteiger partial charge in [0.05, 0.1) is 0 Å². The SMILES string of the molecule is CCOCCCNC(=O)Cn1ccc(N)n1. The summed E-state index contributed by atoms with van der Waals surface area (Å²) in [5.74, 6) is 0.351. The highest BCUT2D eigenvalue weighted by Crippen LogP contribution is 1.94. The van der Waals surface area contributed by atoms with E-state index in [0.717, 1.165) is 6.42 Å². The molecule has 0 saturated heterocycles. The number of hydrogen-bond donors (Lipinski definition) is 2. The van der Waals surface area contributed by atoms with Gasteiger partial charge in [-0.1, -0.05) is 0 Å². The van der Waals surface area contributed by atoms with Crippen molar-refractivity contribution in [3.63, 3.8) is 0 Å². The van der Waals surface area contributed by atoms with Crippen LogP contribution in [0.1, 0.15) is 13.3 Å². The fraction of sp³-hybridized carbons (Fsp3) is 0.600. The van der Waals surface area contributed by atoms with Gasteiger partial charge in [-0.05, 0) is 19.4 Å². The third-order valence-electron chi connectivity index (χ3n) is 1.96. The Hall–Kier alpha value is -1.56. The Morgan fingerprint density at radius 3 is 3.12 bits per heavy atom. The smallest absolute Gasteiger partial charge is 0.241 e. The van der Waals surface area contributed by atoms with E-state index in [1.54, 1.807) is 12.3 Å². The predicted molar refractivity (Wildman–Crippen MR) is 60.8 cm³/mol. The first kappa shape index (κ1) is 12.5. The first-order valence-electron chi connectivity index (χ1n) is 5.35. The highest BCUT2D eigenvalue weighted by molar-refractivity contribution is 5.75. The molecule has 0 saturated carbocycles. The third kappa shape index (κ3) is 4.79. The second kappa shape index (κ2) is 6.84. The monoisotopic (exact) mass is 226 g/mol. The van der Waals surface area contributed by atoms with Crippen LogP contribution in [0.3, 0.4) is 0 Å². The van der Waals surface area contributed by atoms with Crippen molar-refractivity contribution in [3.8, 4) is 0 Å². The molecule has 0 unspecified atom stereocenters. The number of nitrogens with zero attached hydrogens (tertiary/aromatic N) is 2. The quantitative estimate of drug-likeness (QED) is 0.641. The summed E-state index contributed by atoms with van der Waals surface area (Å²) in [4.78, 5) is 11.4. The van der Waals surface area contributed by atoms with Crippen molar-refractivity contribution in [2.45, 2.75) is 19.9 Å². The maximum Gasteiger partial charge on any atom is 0.241 e. The molecule has 0 fully saturated rings. The molecule has 0 aliphatic rings. The number of carbonyl (C=O) groups excluding carboxylic acids is 1. The number of amides is 1. The Morgan fingerprint density at radius 1 is 1.69 bits per heavy atom. The summed E-state index contributed by atoms with van der Waals surface area (Å²) in [6.45, 7) is 4.15. The van der Waals surface area contributed by atoms with Crippen molar-refractivity contribution in [1.82, 2.24) is 15.1 Å². The van der Waals surface area contributed by atoms with Crippen LogP contribution in [0, 0.1) is 0 Å². The Balaban J connectivity index is 2.11. The van der Waals surface area contributed by atoms with Crippen LogP contribution in [0.4, 0.5) is 5.82 Å². The van der Waals surface area contributed by atoms with Crippen LogP contribution < -0.4 is 11.1 Å². The Bertz CT molecular complexity index is 324. The van der Waals surface area contributed by atoms with Crippen molar-refractivity contribution >= 4 is 11.7 Å². The molecule has 0 aliphatic carbocycles. The topological polar surface area (TPSA) is 82.2 Å². The molecule has 0 radical (unpaired) electrons. The van der Waals surface area contributed by atoms with Crippen molar-refractivity contribution in [2.75, 3.05) is 25.5 Å². The molecule has 90 valence electrons. The van der Waals surface area contributed by atoms with E-state index in [4.69, 9.17) is 10.5 Å². The molecular weight excluding hydrogens is 208 g/mol. The first-order chi connectivity index (χ1) is 7.72. The van der Waals surface area contributed by atoms with Crippen molar-refractivity contribution < 1.29 is 9.53 Å². The van der Waals surface area contributed by atoms with E-state index < -0.39 is 0 Å². The molecule has 0 aromatic carbocycles. The molecular formula is C10H18N4O2. The summed E-state index contributed by atoms with van der Waals surface area (Å²) >= 11 is 0. The molecule has 0 atom stereocenters. The van der Waals surface area contributed by atoms with Crippen LogP contribution in [0.5, 0.6) is 0 Å². The molecule has 1 aromatic heterocycles. The molecule has 6 nitrogen and oxygen atoms in total. The second-order valence-electron chi connectivity index (χ2n) is 3.34. The zero-order valence-electron chi connectivity index (χ0n) is 9.48. The van der Waals surface area contributed by atoms with Gasteiger partial charge in [0.15, 0.2) is 0 Å². The van der Waals surface area contributed by atoms with Gasteiger partial charge in [0.2, 0.25) is 5.91 Å². The van der Waals surface area contributed by atoms with Crippen LogP contribution in [0.25, 0.3) is 0 Å². The lowest BCUT2D eigenvalue weighted by atomic mass is 10.4. The Morgan fingerprint density at radius 2 is 2.50 bits per heavy atom. The van der Waals surface area contributed by atoms with Gasteiger partial charge in [-0.25, -0.2) is 0 Å². The van der Waals surface area contributed by atoms with Gasteiger partial charge in [0.25, 0.3) is 0 Å². The van der Waals surface area contributed by atoms with Gasteiger partial charge in [-0.2, -0.15) is 5.10 Å². The lowest BCUT2D eigenvalue weighted by Gasteiger charge is -2.05. The standard InChI is InChI=1S/C10H18N4O2/c1-2-16-7-3-5-12-10(15)8-14-6-4-9(11)13-14/h4,6H,2-3,5,7-8H2,1H3,(H2,11,13)(H,12,15). The van der Waals surface area contributed by atoms with Gasteiger partial charge < -0.3 is 15.8 Å². The van der Waals surface area contributed by atoms with Gasteiger partial charge in [0, 0.05) is 26.0 Å². The van der Waals surface area contributed by atoms with E-state index >= 15 is 0 Å². The number of carbonyl (C=O) groups is 1. The average molecular weight is 226 g/mol. The van der Waals surface area contributed by atoms with Gasteiger partial charge >= 0.3 is 0 Å². The number of nitrogens with one attached hydrogen (secondary N) is 1. The molecule has 3 N–H and O–H groups in total. The minimum Gasteiger partial charge on any atom is -0.382 e. The molecule has 6 heteroatoms. The molecule has 1 heterocycles. The maximum atomic E-state index is 11.4. The highest BCUT2D eigenvalue weighted by atomic mass is 16.5. The molecule has 1 aromatic rings. The van der Waals surface area contributed by atoms with E-state index in [0.29, 0.717) is 25.6 Å². The fourth-order valence-electron chi connectivity index (χ4n) is 1.21. The van der Waals surface area contributed by atoms with E-state index in [2.05, 4.69) is 10.4 Å². The normalized spacial score (nSPS) is 10.3. The zero-order valence-corrected chi connectivity index (χ0v) is 9.48. The summed E-state index contributed by atoms with van der Waals surface area (Å²) < 4.78 is 6.66. The van der Waals surface area contributed by atoms with Gasteiger partial charge in [-0.15, -0.1) is 0 Å². The number of nitrogens with two attached hydrogens (primary N) is 1. The fourth-order valence-corrected chi connectivity index (χ4v) is 1.21. The molecule has 1 rings (SSSR count). The summed E-state index contributed by atoms with van der Waals surface area (Å²) in [5, 5.41) is 6.70. The number of nitrogen functional groups attached to an aromatic ring is 1. The van der Waals surface area contributed by atoms with E-state index in [-0.39, 0.29) is 12.5 Å². The van der Waals surface area contributed by atoms with Crippen LogP contribution in [-0.2, 0) is 16.1 Å². The zero-order chi connectivity index (χ0) is 11.8. The summed E-state index contributed by atoms with van der Waals surface area (Å²) in [6, 6.07) is 1.66. The average Bonchev–Trinajstić information content (AvgIpc) is 2.63. The van der Waals surface area contributed by atoms with Crippen LogP contribution in [0.15, 0.2) is 12.3 Å². The third-order valence-corrected chi connectivity index (χ3v) is 1.96. The summed E-state index contributed by atoms with van der Waals surface area (Å²) in [6.07, 6.45) is 2.50. The Kier molecular flexibility index (Phi) is 5.35. The van der Waals surface area contributed by atoms with Crippen LogP contribution in [-0.4, -0.2) is 35.4 Å². The molecule has 0 aliphatic heterocycles. The molecule has 0 spiro atoms. The van der Waals surface area contributed by atoms with Crippen molar-refractivity contribution in [2.24, 2.45) is 0 Å². The minimum absolute atomic E-state index is 0.0698. The number of rotatable bonds is 7. The molecule has 0 bridgehead atoms. The summed E-state index contributed by atoms with van der Waals surface area (Å²) in [7, 11) is 0. The lowest BCUT2D eigenvalue weighted by molar-refractivity contribution is -0.121.